The standard InChI is InChI=1S/C11H5F4N/c1-2-3-8-9(12)5-4-7(6-16)10(8)11(13,14)15/h4-5H,1H3. The third-order valence-corrected chi connectivity index (χ3v) is 1.81. The van der Waals surface area contributed by atoms with Gasteiger partial charge in [0, 0.05) is 0 Å². The Morgan fingerprint density at radius 1 is 1.25 bits per heavy atom. The topological polar surface area (TPSA) is 23.8 Å². The zero-order valence-corrected chi connectivity index (χ0v) is 8.11. The zero-order valence-electron chi connectivity index (χ0n) is 8.11. The predicted molar refractivity (Wildman–Crippen MR) is 48.7 cm³/mol. The molecule has 0 saturated heterocycles. The SMILES string of the molecule is CC#Cc1c(F)ccc(C#N)c1C(F)(F)F. The lowest BCUT2D eigenvalue weighted by molar-refractivity contribution is -0.138. The van der Waals surface area contributed by atoms with Gasteiger partial charge in [0.15, 0.2) is 0 Å². The van der Waals surface area contributed by atoms with Crippen LogP contribution in [0.2, 0.25) is 0 Å². The van der Waals surface area contributed by atoms with E-state index in [2.05, 4.69) is 5.92 Å². The Kier molecular flexibility index (Phi) is 3.20. The van der Waals surface area contributed by atoms with Gasteiger partial charge in [-0.15, -0.1) is 5.92 Å². The summed E-state index contributed by atoms with van der Waals surface area (Å²) in [5.74, 6) is 3.14. The lowest BCUT2D eigenvalue weighted by atomic mass is 10.0. The number of rotatable bonds is 0. The Morgan fingerprint density at radius 3 is 2.31 bits per heavy atom. The third-order valence-electron chi connectivity index (χ3n) is 1.81. The van der Waals surface area contributed by atoms with Gasteiger partial charge in [-0.05, 0) is 19.1 Å². The minimum atomic E-state index is -4.80. The largest absolute Gasteiger partial charge is 0.418 e. The molecule has 0 spiro atoms. The smallest absolute Gasteiger partial charge is 0.206 e. The van der Waals surface area contributed by atoms with E-state index in [-0.39, 0.29) is 0 Å². The maximum atomic E-state index is 13.2. The van der Waals surface area contributed by atoms with Gasteiger partial charge in [0.2, 0.25) is 0 Å². The van der Waals surface area contributed by atoms with Gasteiger partial charge in [0.05, 0.1) is 22.8 Å². The van der Waals surface area contributed by atoms with Crippen LogP contribution in [-0.2, 0) is 6.18 Å². The number of hydrogen-bond acceptors (Lipinski definition) is 1. The minimum absolute atomic E-state index is 0.633. The second-order valence-corrected chi connectivity index (χ2v) is 2.83. The molecule has 1 nitrogen and oxygen atoms in total. The molecule has 0 bridgehead atoms. The summed E-state index contributed by atoms with van der Waals surface area (Å²) in [6.07, 6.45) is -4.80. The van der Waals surface area contributed by atoms with Crippen LogP contribution >= 0.6 is 0 Å². The van der Waals surface area contributed by atoms with E-state index in [0.29, 0.717) is 0 Å². The predicted octanol–water partition coefficient (Wildman–Crippen LogP) is 3.09. The summed E-state index contributed by atoms with van der Waals surface area (Å²) in [7, 11) is 0. The van der Waals surface area contributed by atoms with E-state index in [1.807, 2.05) is 5.92 Å². The van der Waals surface area contributed by atoms with Crippen molar-refractivity contribution in [2.45, 2.75) is 13.1 Å². The van der Waals surface area contributed by atoms with Crippen LogP contribution in [0.15, 0.2) is 12.1 Å². The number of halogens is 4. The maximum absolute atomic E-state index is 13.2. The highest BCUT2D eigenvalue weighted by molar-refractivity contribution is 5.52. The number of nitriles is 1. The van der Waals surface area contributed by atoms with Gasteiger partial charge >= 0.3 is 6.18 Å². The fraction of sp³-hybridized carbons (Fsp3) is 0.182. The van der Waals surface area contributed by atoms with E-state index in [1.54, 1.807) is 0 Å². The Balaban J connectivity index is 3.69. The molecular weight excluding hydrogens is 222 g/mol. The fourth-order valence-corrected chi connectivity index (χ4v) is 1.21. The molecule has 0 aliphatic carbocycles. The molecule has 0 fully saturated rings. The molecule has 0 unspecified atom stereocenters. The second kappa shape index (κ2) is 4.24. The van der Waals surface area contributed by atoms with Crippen molar-refractivity contribution >= 4 is 0 Å². The van der Waals surface area contributed by atoms with Crippen molar-refractivity contribution in [3.63, 3.8) is 0 Å². The van der Waals surface area contributed by atoms with Crippen LogP contribution in [0.5, 0.6) is 0 Å². The van der Waals surface area contributed by atoms with Crippen molar-refractivity contribution in [1.29, 1.82) is 5.26 Å². The summed E-state index contributed by atoms with van der Waals surface area (Å²) in [5.41, 5.74) is -2.73. The average molecular weight is 227 g/mol. The molecule has 0 aliphatic heterocycles. The quantitative estimate of drug-likeness (QED) is 0.493. The Bertz CT molecular complexity index is 512. The molecule has 0 aromatic heterocycles. The number of benzene rings is 1. The molecule has 1 aromatic carbocycles. The monoisotopic (exact) mass is 227 g/mol. The van der Waals surface area contributed by atoms with Gasteiger partial charge in [0.1, 0.15) is 5.82 Å². The van der Waals surface area contributed by atoms with Crippen LogP contribution in [0.4, 0.5) is 17.6 Å². The lowest BCUT2D eigenvalue weighted by Crippen LogP contribution is -2.12. The van der Waals surface area contributed by atoms with Crippen LogP contribution in [0.3, 0.4) is 0 Å². The molecule has 0 amide bonds. The van der Waals surface area contributed by atoms with Crippen LogP contribution < -0.4 is 0 Å². The second-order valence-electron chi connectivity index (χ2n) is 2.83. The molecule has 0 radical (unpaired) electrons. The van der Waals surface area contributed by atoms with Gasteiger partial charge in [-0.2, -0.15) is 18.4 Å². The first-order valence-corrected chi connectivity index (χ1v) is 4.14. The van der Waals surface area contributed by atoms with E-state index >= 15 is 0 Å². The first-order chi connectivity index (χ1) is 7.41. The lowest BCUT2D eigenvalue weighted by Gasteiger charge is -2.11. The molecule has 0 atom stereocenters. The summed E-state index contributed by atoms with van der Waals surface area (Å²) in [6.45, 7) is 1.29. The molecule has 0 N–H and O–H groups in total. The highest BCUT2D eigenvalue weighted by Crippen LogP contribution is 2.35. The summed E-state index contributed by atoms with van der Waals surface area (Å²) in [5, 5.41) is 8.54. The first-order valence-electron chi connectivity index (χ1n) is 4.14. The van der Waals surface area contributed by atoms with Gasteiger partial charge in [-0.25, -0.2) is 4.39 Å². The normalized spacial score (nSPS) is 10.2. The molecule has 82 valence electrons. The Labute approximate surface area is 89.3 Å². The Hall–Kier alpha value is -2.01. The molecule has 0 saturated carbocycles. The molecule has 0 aliphatic rings. The van der Waals surface area contributed by atoms with Crippen LogP contribution in [-0.4, -0.2) is 0 Å². The van der Waals surface area contributed by atoms with Gasteiger partial charge in [-0.1, -0.05) is 5.92 Å². The van der Waals surface area contributed by atoms with E-state index in [1.165, 1.54) is 13.0 Å². The van der Waals surface area contributed by atoms with Gasteiger partial charge in [0.25, 0.3) is 0 Å². The summed E-state index contributed by atoms with van der Waals surface area (Å²) in [4.78, 5) is 0. The van der Waals surface area contributed by atoms with Crippen molar-refractivity contribution in [3.05, 3.63) is 34.6 Å². The summed E-state index contributed by atoms with van der Waals surface area (Å²) < 4.78 is 51.0. The van der Waals surface area contributed by atoms with Crippen molar-refractivity contribution in [1.82, 2.24) is 0 Å². The molecular formula is C11H5F4N. The van der Waals surface area contributed by atoms with Gasteiger partial charge in [-0.3, -0.25) is 0 Å². The van der Waals surface area contributed by atoms with E-state index in [4.69, 9.17) is 5.26 Å². The minimum Gasteiger partial charge on any atom is -0.206 e. The zero-order chi connectivity index (χ0) is 12.3. The number of nitrogens with zero attached hydrogens (tertiary/aromatic N) is 1. The van der Waals surface area contributed by atoms with Gasteiger partial charge < -0.3 is 0 Å². The van der Waals surface area contributed by atoms with E-state index in [9.17, 15) is 17.6 Å². The van der Waals surface area contributed by atoms with Crippen molar-refractivity contribution in [3.8, 4) is 17.9 Å². The average Bonchev–Trinajstić information content (AvgIpc) is 2.19. The molecule has 0 heterocycles. The van der Waals surface area contributed by atoms with Crippen LogP contribution in [0.25, 0.3) is 0 Å². The van der Waals surface area contributed by atoms with Crippen LogP contribution in [0.1, 0.15) is 23.6 Å². The molecule has 1 rings (SSSR count). The first kappa shape index (κ1) is 12.1. The maximum Gasteiger partial charge on any atom is 0.418 e. The third kappa shape index (κ3) is 2.14. The van der Waals surface area contributed by atoms with Crippen molar-refractivity contribution in [2.75, 3.05) is 0 Å². The number of hydrogen-bond donors (Lipinski definition) is 0. The Morgan fingerprint density at radius 2 is 1.88 bits per heavy atom. The molecule has 1 aromatic rings. The fourth-order valence-electron chi connectivity index (χ4n) is 1.21. The van der Waals surface area contributed by atoms with Crippen LogP contribution in [0, 0.1) is 29.0 Å². The summed E-state index contributed by atoms with van der Waals surface area (Å²) >= 11 is 0. The highest BCUT2D eigenvalue weighted by Gasteiger charge is 2.37. The highest BCUT2D eigenvalue weighted by atomic mass is 19.4. The van der Waals surface area contributed by atoms with E-state index < -0.39 is 28.7 Å². The molecule has 5 heteroatoms. The molecule has 16 heavy (non-hydrogen) atoms. The number of alkyl halides is 3. The van der Waals surface area contributed by atoms with E-state index in [0.717, 1.165) is 12.1 Å². The van der Waals surface area contributed by atoms with Crippen molar-refractivity contribution < 1.29 is 17.6 Å². The van der Waals surface area contributed by atoms with Crippen molar-refractivity contribution in [2.24, 2.45) is 0 Å². The summed E-state index contributed by atoms with van der Waals surface area (Å²) in [6, 6.07) is 2.96.